The molecule has 0 aliphatic heterocycles. The third kappa shape index (κ3) is 2.56. The fraction of sp³-hybridized carbons (Fsp3) is 0.333. The van der Waals surface area contributed by atoms with Crippen molar-refractivity contribution in [2.24, 2.45) is 0 Å². The van der Waals surface area contributed by atoms with E-state index in [1.165, 1.54) is 11.1 Å². The maximum absolute atomic E-state index is 12.7. The molecule has 4 nitrogen and oxygen atoms in total. The van der Waals surface area contributed by atoms with Crippen molar-refractivity contribution in [3.63, 3.8) is 0 Å². The standard InChI is InChI=1S/C18H20N2O2/c1-12-10-11-15(17(21)19-12)18(22)20(2)16-9-5-7-13-6-3-4-8-14(13)16/h3-4,6,8,10-11,16H,5,7,9H2,1-2H3,(H,19,21). The molecule has 1 aromatic heterocycles. The number of aryl methyl sites for hydroxylation is 2. The first kappa shape index (κ1) is 14.6. The Morgan fingerprint density at radius 1 is 1.23 bits per heavy atom. The van der Waals surface area contributed by atoms with Gasteiger partial charge in [0.2, 0.25) is 0 Å². The Bertz CT molecular complexity index is 764. The molecule has 4 heteroatoms. The summed E-state index contributed by atoms with van der Waals surface area (Å²) >= 11 is 0. The largest absolute Gasteiger partial charge is 0.334 e. The number of aromatic nitrogens is 1. The van der Waals surface area contributed by atoms with Gasteiger partial charge in [-0.25, -0.2) is 0 Å². The van der Waals surface area contributed by atoms with Gasteiger partial charge in [0, 0.05) is 12.7 Å². The van der Waals surface area contributed by atoms with Crippen LogP contribution < -0.4 is 5.56 Å². The summed E-state index contributed by atoms with van der Waals surface area (Å²) in [6.45, 7) is 1.80. The summed E-state index contributed by atoms with van der Waals surface area (Å²) in [6, 6.07) is 11.7. The Labute approximate surface area is 129 Å². The quantitative estimate of drug-likeness (QED) is 0.926. The maximum atomic E-state index is 12.7. The first-order valence-electron chi connectivity index (χ1n) is 7.63. The average molecular weight is 296 g/mol. The molecule has 1 heterocycles. The number of pyridine rings is 1. The molecule has 1 aromatic carbocycles. The number of H-pyrrole nitrogens is 1. The molecule has 1 aliphatic carbocycles. The summed E-state index contributed by atoms with van der Waals surface area (Å²) in [7, 11) is 1.79. The van der Waals surface area contributed by atoms with Crippen LogP contribution in [-0.2, 0) is 6.42 Å². The van der Waals surface area contributed by atoms with Crippen molar-refractivity contribution in [3.8, 4) is 0 Å². The molecule has 0 saturated heterocycles. The Morgan fingerprint density at radius 3 is 2.77 bits per heavy atom. The Kier molecular flexibility index (Phi) is 3.84. The lowest BCUT2D eigenvalue weighted by atomic mass is 9.87. The highest BCUT2D eigenvalue weighted by Crippen LogP contribution is 2.33. The molecule has 0 bridgehead atoms. The topological polar surface area (TPSA) is 53.2 Å². The van der Waals surface area contributed by atoms with E-state index in [0.29, 0.717) is 0 Å². The van der Waals surface area contributed by atoms with Gasteiger partial charge in [0.1, 0.15) is 5.56 Å². The van der Waals surface area contributed by atoms with Gasteiger partial charge in [0.25, 0.3) is 11.5 Å². The smallest absolute Gasteiger partial charge is 0.260 e. The number of nitrogens with one attached hydrogen (secondary N) is 1. The number of aromatic amines is 1. The summed E-state index contributed by atoms with van der Waals surface area (Å²) < 4.78 is 0. The maximum Gasteiger partial charge on any atom is 0.260 e. The number of carbonyl (C=O) groups is 1. The SMILES string of the molecule is Cc1ccc(C(=O)N(C)C2CCCc3ccccc32)c(=O)[nH]1. The minimum Gasteiger partial charge on any atom is -0.334 e. The van der Waals surface area contributed by atoms with Crippen molar-refractivity contribution < 1.29 is 4.79 Å². The molecule has 1 amide bonds. The molecule has 0 fully saturated rings. The van der Waals surface area contributed by atoms with Gasteiger partial charge in [-0.3, -0.25) is 9.59 Å². The molecule has 0 radical (unpaired) electrons. The van der Waals surface area contributed by atoms with Crippen LogP contribution in [-0.4, -0.2) is 22.8 Å². The molecular formula is C18H20N2O2. The van der Waals surface area contributed by atoms with Crippen molar-refractivity contribution in [3.05, 3.63) is 69.1 Å². The van der Waals surface area contributed by atoms with Gasteiger partial charge < -0.3 is 9.88 Å². The predicted octanol–water partition coefficient (Wildman–Crippen LogP) is 2.83. The fourth-order valence-corrected chi connectivity index (χ4v) is 3.20. The summed E-state index contributed by atoms with van der Waals surface area (Å²) in [5.41, 5.74) is 3.15. The first-order chi connectivity index (χ1) is 10.6. The highest BCUT2D eigenvalue weighted by atomic mass is 16.2. The lowest BCUT2D eigenvalue weighted by Gasteiger charge is -2.33. The van der Waals surface area contributed by atoms with Crippen LogP contribution in [0, 0.1) is 6.92 Å². The van der Waals surface area contributed by atoms with E-state index in [1.54, 1.807) is 31.0 Å². The molecule has 2 aromatic rings. The van der Waals surface area contributed by atoms with E-state index in [0.717, 1.165) is 25.0 Å². The Hall–Kier alpha value is -2.36. The van der Waals surface area contributed by atoms with Gasteiger partial charge in [0.05, 0.1) is 6.04 Å². The number of fused-ring (bicyclic) bond motifs is 1. The van der Waals surface area contributed by atoms with E-state index in [-0.39, 0.29) is 23.1 Å². The highest BCUT2D eigenvalue weighted by molar-refractivity contribution is 5.94. The Balaban J connectivity index is 1.93. The lowest BCUT2D eigenvalue weighted by molar-refractivity contribution is 0.0713. The normalized spacial score (nSPS) is 16.9. The first-order valence-corrected chi connectivity index (χ1v) is 7.63. The van der Waals surface area contributed by atoms with Gasteiger partial charge in [-0.1, -0.05) is 24.3 Å². The van der Waals surface area contributed by atoms with Crippen LogP contribution in [0.25, 0.3) is 0 Å². The number of hydrogen-bond donors (Lipinski definition) is 1. The number of rotatable bonds is 2. The van der Waals surface area contributed by atoms with Gasteiger partial charge in [-0.2, -0.15) is 0 Å². The van der Waals surface area contributed by atoms with Crippen LogP contribution >= 0.6 is 0 Å². The number of nitrogens with zero attached hydrogens (tertiary/aromatic N) is 1. The van der Waals surface area contributed by atoms with Gasteiger partial charge in [0.15, 0.2) is 0 Å². The van der Waals surface area contributed by atoms with Crippen molar-refractivity contribution >= 4 is 5.91 Å². The predicted molar refractivity (Wildman–Crippen MR) is 86.0 cm³/mol. The third-order valence-electron chi connectivity index (χ3n) is 4.41. The molecule has 1 unspecified atom stereocenters. The summed E-state index contributed by atoms with van der Waals surface area (Å²) in [6.07, 6.45) is 3.05. The van der Waals surface area contributed by atoms with Crippen molar-refractivity contribution in [1.82, 2.24) is 9.88 Å². The zero-order valence-corrected chi connectivity index (χ0v) is 12.9. The van der Waals surface area contributed by atoms with E-state index < -0.39 is 0 Å². The van der Waals surface area contributed by atoms with Crippen LogP contribution in [0.5, 0.6) is 0 Å². The second-order valence-corrected chi connectivity index (χ2v) is 5.91. The van der Waals surface area contributed by atoms with Crippen LogP contribution in [0.15, 0.2) is 41.2 Å². The molecule has 114 valence electrons. The molecule has 1 aliphatic rings. The van der Waals surface area contributed by atoms with Gasteiger partial charge >= 0.3 is 0 Å². The third-order valence-corrected chi connectivity index (χ3v) is 4.41. The van der Waals surface area contributed by atoms with Crippen LogP contribution in [0.2, 0.25) is 0 Å². The second-order valence-electron chi connectivity index (χ2n) is 5.91. The zero-order valence-electron chi connectivity index (χ0n) is 12.9. The fourth-order valence-electron chi connectivity index (χ4n) is 3.20. The van der Waals surface area contributed by atoms with E-state index in [2.05, 4.69) is 17.1 Å². The van der Waals surface area contributed by atoms with Gasteiger partial charge in [-0.05, 0) is 49.4 Å². The van der Waals surface area contributed by atoms with Crippen LogP contribution in [0.4, 0.5) is 0 Å². The minimum atomic E-state index is -0.319. The molecule has 0 spiro atoms. The van der Waals surface area contributed by atoms with Crippen molar-refractivity contribution in [2.45, 2.75) is 32.2 Å². The molecular weight excluding hydrogens is 276 g/mol. The van der Waals surface area contributed by atoms with E-state index in [4.69, 9.17) is 0 Å². The summed E-state index contributed by atoms with van der Waals surface area (Å²) in [5.74, 6) is -0.219. The summed E-state index contributed by atoms with van der Waals surface area (Å²) in [5, 5.41) is 0. The molecule has 0 saturated carbocycles. The number of carbonyl (C=O) groups excluding carboxylic acids is 1. The van der Waals surface area contributed by atoms with E-state index in [1.807, 2.05) is 12.1 Å². The number of hydrogen-bond acceptors (Lipinski definition) is 2. The van der Waals surface area contributed by atoms with E-state index >= 15 is 0 Å². The molecule has 3 rings (SSSR count). The highest BCUT2D eigenvalue weighted by Gasteiger charge is 2.28. The van der Waals surface area contributed by atoms with Crippen molar-refractivity contribution in [1.29, 1.82) is 0 Å². The molecule has 1 atom stereocenters. The average Bonchev–Trinajstić information content (AvgIpc) is 2.53. The van der Waals surface area contributed by atoms with Gasteiger partial charge in [-0.15, -0.1) is 0 Å². The second kappa shape index (κ2) is 5.79. The van der Waals surface area contributed by atoms with Crippen LogP contribution in [0.1, 0.15) is 46.1 Å². The zero-order chi connectivity index (χ0) is 15.7. The monoisotopic (exact) mass is 296 g/mol. The van der Waals surface area contributed by atoms with E-state index in [9.17, 15) is 9.59 Å². The van der Waals surface area contributed by atoms with Crippen LogP contribution in [0.3, 0.4) is 0 Å². The molecule has 22 heavy (non-hydrogen) atoms. The van der Waals surface area contributed by atoms with Crippen molar-refractivity contribution in [2.75, 3.05) is 7.05 Å². The summed E-state index contributed by atoms with van der Waals surface area (Å²) in [4.78, 5) is 29.1. The number of benzene rings is 1. The lowest BCUT2D eigenvalue weighted by Crippen LogP contribution is -2.36. The number of amides is 1. The molecule has 1 N–H and O–H groups in total. The minimum absolute atomic E-state index is 0.0400. The Morgan fingerprint density at radius 2 is 2.00 bits per heavy atom.